The lowest BCUT2D eigenvalue weighted by Gasteiger charge is -2.13. The summed E-state index contributed by atoms with van der Waals surface area (Å²) in [6.07, 6.45) is 0. The molecule has 2 atom stereocenters. The van der Waals surface area contributed by atoms with E-state index in [1.807, 2.05) is 24.4 Å². The van der Waals surface area contributed by atoms with E-state index >= 15 is 0 Å². The molecule has 6 heteroatoms. The number of carboxylic acids is 1. The molecule has 0 spiro atoms. The maximum absolute atomic E-state index is 11.5. The van der Waals surface area contributed by atoms with Gasteiger partial charge in [-0.25, -0.2) is 0 Å². The molecular formula is C11H16N2O3S. The van der Waals surface area contributed by atoms with Crippen molar-refractivity contribution >= 4 is 23.2 Å². The van der Waals surface area contributed by atoms with Crippen LogP contribution < -0.4 is 10.6 Å². The van der Waals surface area contributed by atoms with Crippen LogP contribution in [-0.2, 0) is 9.59 Å². The molecule has 0 fully saturated rings. The van der Waals surface area contributed by atoms with E-state index in [1.165, 1.54) is 6.92 Å². The van der Waals surface area contributed by atoms with Gasteiger partial charge in [0, 0.05) is 4.88 Å². The van der Waals surface area contributed by atoms with E-state index in [0.29, 0.717) is 0 Å². The van der Waals surface area contributed by atoms with Crippen LogP contribution in [0.2, 0.25) is 0 Å². The first-order chi connectivity index (χ1) is 8.00. The van der Waals surface area contributed by atoms with Crippen LogP contribution in [0.1, 0.15) is 24.8 Å². The number of carboxylic acid groups (broad SMARTS) is 1. The van der Waals surface area contributed by atoms with E-state index in [-0.39, 0.29) is 18.5 Å². The third-order valence-electron chi connectivity index (χ3n) is 2.29. The fraction of sp³-hybridized carbons (Fsp3) is 0.455. The van der Waals surface area contributed by atoms with Gasteiger partial charge in [-0.3, -0.25) is 14.9 Å². The molecule has 3 N–H and O–H groups in total. The minimum absolute atomic E-state index is 0.00316. The van der Waals surface area contributed by atoms with Crippen molar-refractivity contribution in [2.75, 3.05) is 6.54 Å². The Balaban J connectivity index is 2.32. The van der Waals surface area contributed by atoms with E-state index in [4.69, 9.17) is 5.11 Å². The molecule has 0 bridgehead atoms. The molecule has 0 aliphatic carbocycles. The van der Waals surface area contributed by atoms with Crippen molar-refractivity contribution in [3.8, 4) is 0 Å². The zero-order chi connectivity index (χ0) is 12.8. The van der Waals surface area contributed by atoms with Crippen molar-refractivity contribution in [2.24, 2.45) is 0 Å². The lowest BCUT2D eigenvalue weighted by atomic mass is 10.2. The second-order valence-corrected chi connectivity index (χ2v) is 4.72. The van der Waals surface area contributed by atoms with Gasteiger partial charge < -0.3 is 10.4 Å². The molecule has 94 valence electrons. The first kappa shape index (κ1) is 13.7. The van der Waals surface area contributed by atoms with Gasteiger partial charge in [-0.2, -0.15) is 0 Å². The summed E-state index contributed by atoms with van der Waals surface area (Å²) in [5.74, 6) is -1.18. The van der Waals surface area contributed by atoms with Crippen molar-refractivity contribution in [1.29, 1.82) is 0 Å². The Morgan fingerprint density at radius 1 is 1.47 bits per heavy atom. The summed E-state index contributed by atoms with van der Waals surface area (Å²) in [5.41, 5.74) is 0. The van der Waals surface area contributed by atoms with Crippen molar-refractivity contribution in [3.63, 3.8) is 0 Å². The first-order valence-corrected chi connectivity index (χ1v) is 6.17. The average Bonchev–Trinajstić information content (AvgIpc) is 2.78. The van der Waals surface area contributed by atoms with Gasteiger partial charge >= 0.3 is 5.97 Å². The number of thiophene rings is 1. The van der Waals surface area contributed by atoms with E-state index in [2.05, 4.69) is 10.6 Å². The molecule has 1 rings (SSSR count). The van der Waals surface area contributed by atoms with Crippen molar-refractivity contribution in [3.05, 3.63) is 22.4 Å². The molecule has 1 unspecified atom stereocenters. The number of carbonyl (C=O) groups excluding carboxylic acids is 1. The SMILES string of the molecule is CC(NC(=O)CN[C@H](C)C(=O)O)c1cccs1. The minimum atomic E-state index is -0.968. The van der Waals surface area contributed by atoms with Gasteiger partial charge in [-0.15, -0.1) is 11.3 Å². The van der Waals surface area contributed by atoms with Gasteiger partial charge in [0.25, 0.3) is 0 Å². The Hall–Kier alpha value is -1.40. The van der Waals surface area contributed by atoms with Gasteiger partial charge in [0.15, 0.2) is 0 Å². The molecule has 0 saturated carbocycles. The standard InChI is InChI=1S/C11H16N2O3S/c1-7(9-4-3-5-17-9)13-10(14)6-12-8(2)11(15)16/h3-5,7-8,12H,6H2,1-2H3,(H,13,14)(H,15,16)/t7?,8-/m1/s1. The topological polar surface area (TPSA) is 78.4 Å². The van der Waals surface area contributed by atoms with Crippen LogP contribution >= 0.6 is 11.3 Å². The number of aliphatic carboxylic acids is 1. The second-order valence-electron chi connectivity index (χ2n) is 3.75. The summed E-state index contributed by atoms with van der Waals surface area (Å²) >= 11 is 1.57. The van der Waals surface area contributed by atoms with Crippen LogP contribution in [0.5, 0.6) is 0 Å². The molecule has 0 saturated heterocycles. The number of carbonyl (C=O) groups is 2. The summed E-state index contributed by atoms with van der Waals surface area (Å²) in [6, 6.07) is 3.10. The van der Waals surface area contributed by atoms with Gasteiger partial charge in [-0.1, -0.05) is 6.07 Å². The predicted octanol–water partition coefficient (Wildman–Crippen LogP) is 0.988. The Morgan fingerprint density at radius 3 is 2.71 bits per heavy atom. The van der Waals surface area contributed by atoms with E-state index in [0.717, 1.165) is 4.88 Å². The normalized spacial score (nSPS) is 14.0. The third kappa shape index (κ3) is 4.54. The van der Waals surface area contributed by atoms with E-state index in [9.17, 15) is 9.59 Å². The monoisotopic (exact) mass is 256 g/mol. The molecule has 5 nitrogen and oxygen atoms in total. The number of hydrogen-bond donors (Lipinski definition) is 3. The van der Waals surface area contributed by atoms with Crippen LogP contribution in [0.25, 0.3) is 0 Å². The van der Waals surface area contributed by atoms with Crippen molar-refractivity contribution in [2.45, 2.75) is 25.9 Å². The van der Waals surface area contributed by atoms with Crippen LogP contribution in [0.4, 0.5) is 0 Å². The molecule has 0 aliphatic heterocycles. The Morgan fingerprint density at radius 2 is 2.18 bits per heavy atom. The van der Waals surface area contributed by atoms with Gasteiger partial charge in [-0.05, 0) is 25.3 Å². The molecule has 1 aromatic heterocycles. The molecule has 1 aromatic rings. The highest BCUT2D eigenvalue weighted by atomic mass is 32.1. The highest BCUT2D eigenvalue weighted by Gasteiger charge is 2.13. The number of nitrogens with one attached hydrogen (secondary N) is 2. The summed E-state index contributed by atoms with van der Waals surface area (Å²) in [4.78, 5) is 23.1. The molecule has 1 amide bonds. The maximum atomic E-state index is 11.5. The van der Waals surface area contributed by atoms with Crippen LogP contribution in [0.3, 0.4) is 0 Å². The highest BCUT2D eigenvalue weighted by Crippen LogP contribution is 2.17. The van der Waals surface area contributed by atoms with E-state index in [1.54, 1.807) is 11.3 Å². The fourth-order valence-corrected chi connectivity index (χ4v) is 1.97. The average molecular weight is 256 g/mol. The number of hydrogen-bond acceptors (Lipinski definition) is 4. The molecule has 0 aromatic carbocycles. The Bertz CT molecular complexity index is 378. The smallest absolute Gasteiger partial charge is 0.320 e. The van der Waals surface area contributed by atoms with E-state index < -0.39 is 12.0 Å². The molecule has 0 radical (unpaired) electrons. The van der Waals surface area contributed by atoms with Gasteiger partial charge in [0.05, 0.1) is 12.6 Å². The van der Waals surface area contributed by atoms with Crippen LogP contribution in [0.15, 0.2) is 17.5 Å². The highest BCUT2D eigenvalue weighted by molar-refractivity contribution is 7.10. The lowest BCUT2D eigenvalue weighted by Crippen LogP contribution is -2.41. The fourth-order valence-electron chi connectivity index (χ4n) is 1.23. The number of rotatable bonds is 6. The second kappa shape index (κ2) is 6.36. The summed E-state index contributed by atoms with van der Waals surface area (Å²) in [5, 5.41) is 16.0. The van der Waals surface area contributed by atoms with Gasteiger partial charge in [0.1, 0.15) is 6.04 Å². The van der Waals surface area contributed by atoms with Crippen LogP contribution in [-0.4, -0.2) is 29.6 Å². The zero-order valence-electron chi connectivity index (χ0n) is 9.77. The third-order valence-corrected chi connectivity index (χ3v) is 3.34. The quantitative estimate of drug-likeness (QED) is 0.709. The molecular weight excluding hydrogens is 240 g/mol. The zero-order valence-corrected chi connectivity index (χ0v) is 10.6. The largest absolute Gasteiger partial charge is 0.480 e. The van der Waals surface area contributed by atoms with Crippen LogP contribution in [0, 0.1) is 0 Å². The summed E-state index contributed by atoms with van der Waals surface area (Å²) in [7, 11) is 0. The molecule has 1 heterocycles. The lowest BCUT2D eigenvalue weighted by molar-refractivity contribution is -0.139. The number of amides is 1. The predicted molar refractivity (Wildman–Crippen MR) is 66.0 cm³/mol. The van der Waals surface area contributed by atoms with Crippen molar-refractivity contribution < 1.29 is 14.7 Å². The van der Waals surface area contributed by atoms with Gasteiger partial charge in [0.2, 0.25) is 5.91 Å². The molecule has 17 heavy (non-hydrogen) atoms. The van der Waals surface area contributed by atoms with Crippen molar-refractivity contribution in [1.82, 2.24) is 10.6 Å². The Labute approximate surface area is 104 Å². The summed E-state index contributed by atoms with van der Waals surface area (Å²) in [6.45, 7) is 3.39. The first-order valence-electron chi connectivity index (χ1n) is 5.29. The Kier molecular flexibility index (Phi) is 5.11. The minimum Gasteiger partial charge on any atom is -0.480 e. The summed E-state index contributed by atoms with van der Waals surface area (Å²) < 4.78 is 0. The molecule has 0 aliphatic rings. The maximum Gasteiger partial charge on any atom is 0.320 e.